The Balaban J connectivity index is 2.91. The average Bonchev–Trinajstić information content (AvgIpc) is 2.45. The van der Waals surface area contributed by atoms with Gasteiger partial charge in [0, 0.05) is 5.39 Å². The van der Waals surface area contributed by atoms with E-state index in [1.807, 2.05) is 0 Å². The van der Waals surface area contributed by atoms with Crippen LogP contribution in [0.5, 0.6) is 5.75 Å². The highest BCUT2D eigenvalue weighted by Gasteiger charge is 2.12. The molecular formula is C9H5FO2S. The van der Waals surface area contributed by atoms with Gasteiger partial charge in [0.05, 0.1) is 4.70 Å². The second kappa shape index (κ2) is 2.81. The molecule has 2 rings (SSSR count). The van der Waals surface area contributed by atoms with Crippen LogP contribution in [0.15, 0.2) is 18.2 Å². The van der Waals surface area contributed by atoms with Crippen molar-refractivity contribution in [1.82, 2.24) is 0 Å². The Hall–Kier alpha value is -1.42. The predicted molar refractivity (Wildman–Crippen MR) is 48.8 cm³/mol. The number of rotatable bonds is 1. The maximum absolute atomic E-state index is 13.1. The van der Waals surface area contributed by atoms with Crippen LogP contribution in [0, 0.1) is 5.82 Å². The van der Waals surface area contributed by atoms with E-state index in [0.717, 1.165) is 11.3 Å². The molecule has 4 heteroatoms. The lowest BCUT2D eigenvalue weighted by Crippen LogP contribution is -1.71. The second-order valence-electron chi connectivity index (χ2n) is 2.55. The van der Waals surface area contributed by atoms with Crippen LogP contribution >= 0.6 is 11.3 Å². The Kier molecular flexibility index (Phi) is 1.77. The van der Waals surface area contributed by atoms with Crippen molar-refractivity contribution in [2.24, 2.45) is 0 Å². The lowest BCUT2D eigenvalue weighted by atomic mass is 10.2. The Bertz CT molecular complexity index is 476. The zero-order valence-corrected chi connectivity index (χ0v) is 7.27. The van der Waals surface area contributed by atoms with Gasteiger partial charge >= 0.3 is 0 Å². The van der Waals surface area contributed by atoms with Crippen LogP contribution in [0.4, 0.5) is 4.39 Å². The summed E-state index contributed by atoms with van der Waals surface area (Å²) in [6.07, 6.45) is 0.527. The number of benzene rings is 1. The first kappa shape index (κ1) is 8.19. The van der Waals surface area contributed by atoms with Gasteiger partial charge in [0.25, 0.3) is 0 Å². The topological polar surface area (TPSA) is 37.3 Å². The van der Waals surface area contributed by atoms with Crippen molar-refractivity contribution in [3.8, 4) is 5.75 Å². The smallest absolute Gasteiger partial charge is 0.163 e. The van der Waals surface area contributed by atoms with Crippen molar-refractivity contribution in [2.45, 2.75) is 0 Å². The third kappa shape index (κ3) is 1.10. The molecule has 0 aliphatic heterocycles. The van der Waals surface area contributed by atoms with Gasteiger partial charge in [-0.05, 0) is 12.1 Å². The van der Waals surface area contributed by atoms with Gasteiger partial charge in [-0.25, -0.2) is 4.39 Å². The molecular weight excluding hydrogens is 191 g/mol. The summed E-state index contributed by atoms with van der Waals surface area (Å²) in [5.74, 6) is -0.541. The molecule has 0 fully saturated rings. The van der Waals surface area contributed by atoms with Crippen molar-refractivity contribution in [2.75, 3.05) is 0 Å². The average molecular weight is 196 g/mol. The molecule has 13 heavy (non-hydrogen) atoms. The number of carbonyl (C=O) groups is 1. The third-order valence-corrected chi connectivity index (χ3v) is 2.90. The van der Waals surface area contributed by atoms with Gasteiger partial charge in [0.2, 0.25) is 0 Å². The molecule has 1 aromatic heterocycles. The van der Waals surface area contributed by atoms with Gasteiger partial charge in [-0.15, -0.1) is 11.3 Å². The maximum atomic E-state index is 13.1. The first-order valence-electron chi connectivity index (χ1n) is 3.59. The van der Waals surface area contributed by atoms with E-state index in [1.165, 1.54) is 12.1 Å². The fourth-order valence-corrected chi connectivity index (χ4v) is 2.08. The fourth-order valence-electron chi connectivity index (χ4n) is 1.17. The summed E-state index contributed by atoms with van der Waals surface area (Å²) in [5, 5.41) is 9.82. The van der Waals surface area contributed by atoms with Crippen molar-refractivity contribution >= 4 is 27.7 Å². The van der Waals surface area contributed by atoms with Crippen molar-refractivity contribution in [1.29, 1.82) is 0 Å². The molecule has 2 nitrogen and oxygen atoms in total. The van der Waals surface area contributed by atoms with E-state index in [2.05, 4.69) is 0 Å². The highest BCUT2D eigenvalue weighted by atomic mass is 32.1. The van der Waals surface area contributed by atoms with Gasteiger partial charge in [-0.1, -0.05) is 6.07 Å². The Labute approximate surface area is 77.2 Å². The Morgan fingerprint density at radius 1 is 1.46 bits per heavy atom. The van der Waals surface area contributed by atoms with E-state index in [0.29, 0.717) is 16.4 Å². The monoisotopic (exact) mass is 196 g/mol. The SMILES string of the molecule is O=Cc1sc2c(F)cccc2c1O. The zero-order chi connectivity index (χ0) is 9.42. The minimum atomic E-state index is -0.411. The van der Waals surface area contributed by atoms with Crippen LogP contribution in [0.2, 0.25) is 0 Å². The van der Waals surface area contributed by atoms with Crippen LogP contribution < -0.4 is 0 Å². The fraction of sp³-hybridized carbons (Fsp3) is 0. The first-order chi connectivity index (χ1) is 6.24. The minimum Gasteiger partial charge on any atom is -0.506 e. The first-order valence-corrected chi connectivity index (χ1v) is 4.41. The van der Waals surface area contributed by atoms with Crippen LogP contribution in [0.3, 0.4) is 0 Å². The van der Waals surface area contributed by atoms with E-state index in [4.69, 9.17) is 0 Å². The lowest BCUT2D eigenvalue weighted by molar-refractivity contribution is 0.112. The molecule has 0 spiro atoms. The van der Waals surface area contributed by atoms with Gasteiger partial charge < -0.3 is 5.11 Å². The Morgan fingerprint density at radius 2 is 2.23 bits per heavy atom. The van der Waals surface area contributed by atoms with Crippen LogP contribution in [-0.2, 0) is 0 Å². The van der Waals surface area contributed by atoms with Crippen molar-refractivity contribution in [3.05, 3.63) is 28.9 Å². The van der Waals surface area contributed by atoms with E-state index in [-0.39, 0.29) is 10.6 Å². The lowest BCUT2D eigenvalue weighted by Gasteiger charge is -1.90. The number of thiophene rings is 1. The molecule has 1 aromatic carbocycles. The van der Waals surface area contributed by atoms with E-state index >= 15 is 0 Å². The zero-order valence-electron chi connectivity index (χ0n) is 6.45. The number of fused-ring (bicyclic) bond motifs is 1. The summed E-state index contributed by atoms with van der Waals surface area (Å²) in [6, 6.07) is 4.38. The molecule has 0 aliphatic rings. The summed E-state index contributed by atoms with van der Waals surface area (Å²) in [6.45, 7) is 0. The number of aromatic hydroxyl groups is 1. The van der Waals surface area contributed by atoms with Crippen LogP contribution in [0.25, 0.3) is 10.1 Å². The predicted octanol–water partition coefficient (Wildman–Crippen LogP) is 2.56. The van der Waals surface area contributed by atoms with E-state index < -0.39 is 5.82 Å². The summed E-state index contributed by atoms with van der Waals surface area (Å²) < 4.78 is 13.4. The summed E-state index contributed by atoms with van der Waals surface area (Å²) in [4.78, 5) is 10.6. The quantitative estimate of drug-likeness (QED) is 0.711. The molecule has 1 heterocycles. The Morgan fingerprint density at radius 3 is 2.85 bits per heavy atom. The standard InChI is InChI=1S/C9H5FO2S/c10-6-3-1-2-5-8(12)7(4-11)13-9(5)6/h1-4,12H. The minimum absolute atomic E-state index is 0.130. The summed E-state index contributed by atoms with van der Waals surface area (Å²) in [7, 11) is 0. The van der Waals surface area contributed by atoms with Crippen molar-refractivity contribution < 1.29 is 14.3 Å². The number of hydrogen-bond acceptors (Lipinski definition) is 3. The van der Waals surface area contributed by atoms with Gasteiger partial charge in [0.1, 0.15) is 16.4 Å². The van der Waals surface area contributed by atoms with Gasteiger partial charge in [-0.2, -0.15) is 0 Å². The molecule has 0 aliphatic carbocycles. The molecule has 0 unspecified atom stereocenters. The molecule has 0 amide bonds. The molecule has 0 radical (unpaired) electrons. The largest absolute Gasteiger partial charge is 0.506 e. The van der Waals surface area contributed by atoms with Gasteiger partial charge in [-0.3, -0.25) is 4.79 Å². The van der Waals surface area contributed by atoms with E-state index in [1.54, 1.807) is 6.07 Å². The summed E-state index contributed by atoms with van der Waals surface area (Å²) >= 11 is 0.957. The molecule has 0 saturated heterocycles. The number of hydrogen-bond donors (Lipinski definition) is 1. The van der Waals surface area contributed by atoms with Gasteiger partial charge in [0.15, 0.2) is 6.29 Å². The number of carbonyl (C=O) groups excluding carboxylic acids is 1. The molecule has 0 bridgehead atoms. The third-order valence-electron chi connectivity index (χ3n) is 1.77. The summed E-state index contributed by atoms with van der Waals surface area (Å²) in [5.41, 5.74) is 0. The van der Waals surface area contributed by atoms with Crippen LogP contribution in [-0.4, -0.2) is 11.4 Å². The van der Waals surface area contributed by atoms with E-state index in [9.17, 15) is 14.3 Å². The molecule has 1 N–H and O–H groups in total. The molecule has 0 atom stereocenters. The highest BCUT2D eigenvalue weighted by molar-refractivity contribution is 7.21. The molecule has 2 aromatic rings. The maximum Gasteiger partial charge on any atom is 0.163 e. The number of halogens is 1. The second-order valence-corrected chi connectivity index (χ2v) is 3.60. The normalized spacial score (nSPS) is 10.5. The number of aldehydes is 1. The highest BCUT2D eigenvalue weighted by Crippen LogP contribution is 2.36. The molecule has 66 valence electrons. The van der Waals surface area contributed by atoms with Crippen LogP contribution in [0.1, 0.15) is 9.67 Å². The van der Waals surface area contributed by atoms with Crippen molar-refractivity contribution in [3.63, 3.8) is 0 Å². The molecule has 0 saturated carbocycles.